The van der Waals surface area contributed by atoms with E-state index in [2.05, 4.69) is 10.1 Å². The van der Waals surface area contributed by atoms with Crippen molar-refractivity contribution in [2.75, 3.05) is 39.4 Å². The standard InChI is InChI=1S/C22H31N5O3/c1-15-13-20-23-16(2)19(17(3)27(20)24-15)6-7-21(28)26-8-4-5-18(14-26)22(29)25-9-11-30-12-10-25/h13,18H,4-12,14H2,1-3H3. The number of nitrogens with zero attached hydrogens (tertiary/aromatic N) is 5. The van der Waals surface area contributed by atoms with Crippen molar-refractivity contribution in [1.82, 2.24) is 24.4 Å². The van der Waals surface area contributed by atoms with Crippen LogP contribution in [0.3, 0.4) is 0 Å². The van der Waals surface area contributed by atoms with Gasteiger partial charge in [0.05, 0.1) is 24.8 Å². The quantitative estimate of drug-likeness (QED) is 0.762. The number of carbonyl (C=O) groups is 2. The molecule has 0 bridgehead atoms. The Hall–Kier alpha value is -2.48. The third kappa shape index (κ3) is 4.19. The lowest BCUT2D eigenvalue weighted by atomic mass is 9.95. The van der Waals surface area contributed by atoms with Gasteiger partial charge in [-0.05, 0) is 45.6 Å². The second kappa shape index (κ2) is 8.71. The molecular formula is C22H31N5O3. The van der Waals surface area contributed by atoms with Crippen molar-refractivity contribution in [3.05, 3.63) is 28.7 Å². The molecule has 2 saturated heterocycles. The summed E-state index contributed by atoms with van der Waals surface area (Å²) in [5, 5.41) is 4.51. The highest BCUT2D eigenvalue weighted by molar-refractivity contribution is 5.81. The minimum absolute atomic E-state index is 0.0886. The highest BCUT2D eigenvalue weighted by Crippen LogP contribution is 2.22. The molecule has 1 unspecified atom stereocenters. The molecule has 0 radical (unpaired) electrons. The summed E-state index contributed by atoms with van der Waals surface area (Å²) >= 11 is 0. The maximum absolute atomic E-state index is 12.9. The molecule has 2 aromatic heterocycles. The van der Waals surface area contributed by atoms with Gasteiger partial charge < -0.3 is 14.5 Å². The zero-order valence-electron chi connectivity index (χ0n) is 18.2. The van der Waals surface area contributed by atoms with Crippen molar-refractivity contribution in [2.45, 2.75) is 46.5 Å². The van der Waals surface area contributed by atoms with Crippen molar-refractivity contribution in [1.29, 1.82) is 0 Å². The minimum Gasteiger partial charge on any atom is -0.378 e. The van der Waals surface area contributed by atoms with E-state index in [-0.39, 0.29) is 17.7 Å². The predicted molar refractivity (Wildman–Crippen MR) is 112 cm³/mol. The molecule has 30 heavy (non-hydrogen) atoms. The second-order valence-corrected chi connectivity index (χ2v) is 8.43. The van der Waals surface area contributed by atoms with Crippen LogP contribution in [-0.2, 0) is 20.7 Å². The van der Waals surface area contributed by atoms with E-state index in [0.29, 0.717) is 45.7 Å². The molecule has 162 valence electrons. The summed E-state index contributed by atoms with van der Waals surface area (Å²) in [6.07, 6.45) is 2.80. The molecule has 1 atom stereocenters. The largest absolute Gasteiger partial charge is 0.378 e. The van der Waals surface area contributed by atoms with E-state index in [4.69, 9.17) is 4.74 Å². The first-order chi connectivity index (χ1) is 14.4. The first-order valence-electron chi connectivity index (χ1n) is 10.9. The van der Waals surface area contributed by atoms with Crippen LogP contribution in [-0.4, -0.2) is 75.6 Å². The molecule has 2 fully saturated rings. The first-order valence-corrected chi connectivity index (χ1v) is 10.9. The number of likely N-dealkylation sites (tertiary alicyclic amines) is 1. The number of aryl methyl sites for hydroxylation is 3. The van der Waals surface area contributed by atoms with Gasteiger partial charge in [-0.25, -0.2) is 9.50 Å². The molecule has 2 amide bonds. The van der Waals surface area contributed by atoms with Crippen LogP contribution in [0.15, 0.2) is 6.07 Å². The number of rotatable bonds is 4. The highest BCUT2D eigenvalue weighted by atomic mass is 16.5. The first kappa shape index (κ1) is 20.8. The fraction of sp³-hybridized carbons (Fsp3) is 0.636. The average molecular weight is 414 g/mol. The number of hydrogen-bond acceptors (Lipinski definition) is 5. The van der Waals surface area contributed by atoms with Crippen LogP contribution in [0.5, 0.6) is 0 Å². The Morgan fingerprint density at radius 3 is 2.67 bits per heavy atom. The number of carbonyl (C=O) groups excluding carboxylic acids is 2. The third-order valence-corrected chi connectivity index (χ3v) is 6.32. The normalized spacial score (nSPS) is 20.0. The minimum atomic E-state index is -0.0886. The van der Waals surface area contributed by atoms with Crippen LogP contribution < -0.4 is 0 Å². The second-order valence-electron chi connectivity index (χ2n) is 8.43. The van der Waals surface area contributed by atoms with Crippen LogP contribution in [0.25, 0.3) is 5.65 Å². The zero-order chi connectivity index (χ0) is 21.3. The summed E-state index contributed by atoms with van der Waals surface area (Å²) in [7, 11) is 0. The van der Waals surface area contributed by atoms with Crippen molar-refractivity contribution >= 4 is 17.5 Å². The van der Waals surface area contributed by atoms with E-state index < -0.39 is 0 Å². The van der Waals surface area contributed by atoms with Gasteiger partial charge in [0.2, 0.25) is 11.8 Å². The van der Waals surface area contributed by atoms with Gasteiger partial charge in [0.15, 0.2) is 5.65 Å². The van der Waals surface area contributed by atoms with E-state index in [1.165, 1.54) is 0 Å². The molecule has 0 N–H and O–H groups in total. The predicted octanol–water partition coefficient (Wildman–Crippen LogP) is 1.68. The molecule has 2 aromatic rings. The molecule has 2 aliphatic heterocycles. The van der Waals surface area contributed by atoms with E-state index in [9.17, 15) is 9.59 Å². The highest BCUT2D eigenvalue weighted by Gasteiger charge is 2.31. The molecule has 8 heteroatoms. The summed E-state index contributed by atoms with van der Waals surface area (Å²) in [4.78, 5) is 34.2. The van der Waals surface area contributed by atoms with E-state index in [1.807, 2.05) is 41.2 Å². The van der Waals surface area contributed by atoms with Gasteiger partial charge in [0.1, 0.15) is 0 Å². The average Bonchev–Trinajstić information content (AvgIpc) is 3.14. The molecule has 0 spiro atoms. The number of ether oxygens (including phenoxy) is 1. The van der Waals surface area contributed by atoms with Crippen molar-refractivity contribution in [3.63, 3.8) is 0 Å². The SMILES string of the molecule is Cc1cc2nc(C)c(CCC(=O)N3CCCC(C(=O)N4CCOCC4)C3)c(C)n2n1. The van der Waals surface area contributed by atoms with Gasteiger partial charge in [-0.3, -0.25) is 9.59 Å². The Labute approximate surface area is 177 Å². The molecule has 4 heterocycles. The Balaban J connectivity index is 1.39. The molecule has 8 nitrogen and oxygen atoms in total. The number of piperidine rings is 1. The number of amides is 2. The van der Waals surface area contributed by atoms with E-state index in [0.717, 1.165) is 47.7 Å². The maximum Gasteiger partial charge on any atom is 0.227 e. The zero-order valence-corrected chi connectivity index (χ0v) is 18.2. The van der Waals surface area contributed by atoms with Crippen molar-refractivity contribution < 1.29 is 14.3 Å². The Morgan fingerprint density at radius 2 is 1.90 bits per heavy atom. The molecule has 0 saturated carbocycles. The lowest BCUT2D eigenvalue weighted by molar-refractivity contribution is -0.144. The number of fused-ring (bicyclic) bond motifs is 1. The Kier molecular flexibility index (Phi) is 6.04. The van der Waals surface area contributed by atoms with E-state index in [1.54, 1.807) is 0 Å². The smallest absolute Gasteiger partial charge is 0.227 e. The van der Waals surface area contributed by atoms with Crippen LogP contribution in [0, 0.1) is 26.7 Å². The fourth-order valence-corrected chi connectivity index (χ4v) is 4.64. The summed E-state index contributed by atoms with van der Waals surface area (Å²) in [6.45, 7) is 9.77. The lowest BCUT2D eigenvalue weighted by Crippen LogP contribution is -2.49. The Morgan fingerprint density at radius 1 is 1.13 bits per heavy atom. The van der Waals surface area contributed by atoms with Gasteiger partial charge in [0.25, 0.3) is 0 Å². The summed E-state index contributed by atoms with van der Waals surface area (Å²) in [5.41, 5.74) is 4.85. The fourth-order valence-electron chi connectivity index (χ4n) is 4.64. The van der Waals surface area contributed by atoms with E-state index >= 15 is 0 Å². The van der Waals surface area contributed by atoms with Crippen molar-refractivity contribution in [3.8, 4) is 0 Å². The number of aromatic nitrogens is 3. The van der Waals surface area contributed by atoms with Crippen LogP contribution in [0.1, 0.15) is 41.9 Å². The summed E-state index contributed by atoms with van der Waals surface area (Å²) < 4.78 is 7.21. The maximum atomic E-state index is 12.9. The molecule has 2 aliphatic rings. The summed E-state index contributed by atoms with van der Waals surface area (Å²) in [6, 6.07) is 1.97. The van der Waals surface area contributed by atoms with Gasteiger partial charge in [-0.1, -0.05) is 0 Å². The lowest BCUT2D eigenvalue weighted by Gasteiger charge is -2.36. The third-order valence-electron chi connectivity index (χ3n) is 6.32. The summed E-state index contributed by atoms with van der Waals surface area (Å²) in [5.74, 6) is 0.200. The van der Waals surface area contributed by atoms with Gasteiger partial charge in [-0.15, -0.1) is 0 Å². The van der Waals surface area contributed by atoms with Gasteiger partial charge in [0, 0.05) is 50.1 Å². The van der Waals surface area contributed by atoms with Crippen LogP contribution >= 0.6 is 0 Å². The molecular weight excluding hydrogens is 382 g/mol. The topological polar surface area (TPSA) is 80.0 Å². The van der Waals surface area contributed by atoms with Gasteiger partial charge >= 0.3 is 0 Å². The molecule has 4 rings (SSSR count). The van der Waals surface area contributed by atoms with Gasteiger partial charge in [-0.2, -0.15) is 5.10 Å². The van der Waals surface area contributed by atoms with Crippen LogP contribution in [0.4, 0.5) is 0 Å². The number of hydrogen-bond donors (Lipinski definition) is 0. The van der Waals surface area contributed by atoms with Crippen LogP contribution in [0.2, 0.25) is 0 Å². The van der Waals surface area contributed by atoms with Crippen molar-refractivity contribution in [2.24, 2.45) is 5.92 Å². The molecule has 0 aliphatic carbocycles. The monoisotopic (exact) mass is 413 g/mol. The Bertz CT molecular complexity index is 948. The number of morpholine rings is 1. The molecule has 0 aromatic carbocycles.